The molecule has 0 saturated heterocycles. The van der Waals surface area contributed by atoms with E-state index in [0.717, 1.165) is 22.2 Å². The number of unbranched alkanes of at least 4 members (excludes halogenated alkanes) is 4. The minimum Gasteiger partial charge on any atom is -0.487 e. The number of halogens is 1. The monoisotopic (exact) mass is 340 g/mol. The van der Waals surface area contributed by atoms with Gasteiger partial charge in [0.2, 0.25) is 0 Å². The Morgan fingerprint density at radius 1 is 1.30 bits per heavy atom. The quantitative estimate of drug-likeness (QED) is 0.704. The summed E-state index contributed by atoms with van der Waals surface area (Å²) in [4.78, 5) is 0. The molecule has 1 unspecified atom stereocenters. The van der Waals surface area contributed by atoms with E-state index in [0.29, 0.717) is 6.42 Å². The van der Waals surface area contributed by atoms with Crippen molar-refractivity contribution in [1.29, 1.82) is 0 Å². The second kappa shape index (κ2) is 6.95. The highest BCUT2D eigenvalue weighted by atomic mass is 79.9. The summed E-state index contributed by atoms with van der Waals surface area (Å²) < 4.78 is 7.16. The molecule has 20 heavy (non-hydrogen) atoms. The van der Waals surface area contributed by atoms with Gasteiger partial charge in [0.15, 0.2) is 0 Å². The Labute approximate surface area is 130 Å². The van der Waals surface area contributed by atoms with Gasteiger partial charge in [-0.1, -0.05) is 48.5 Å². The second-order valence-electron chi connectivity index (χ2n) is 6.12. The minimum absolute atomic E-state index is 0.230. The van der Waals surface area contributed by atoms with E-state index in [2.05, 4.69) is 29.8 Å². The van der Waals surface area contributed by atoms with Gasteiger partial charge in [0.05, 0.1) is 6.10 Å². The largest absolute Gasteiger partial charge is 0.487 e. The molecule has 1 heterocycles. The molecule has 1 aliphatic heterocycles. The third kappa shape index (κ3) is 3.98. The van der Waals surface area contributed by atoms with Crippen LogP contribution in [0.5, 0.6) is 5.75 Å². The lowest BCUT2D eigenvalue weighted by molar-refractivity contribution is -0.00853. The Morgan fingerprint density at radius 2 is 2.05 bits per heavy atom. The van der Waals surface area contributed by atoms with Crippen molar-refractivity contribution < 1.29 is 9.84 Å². The highest BCUT2D eigenvalue weighted by Crippen LogP contribution is 2.42. The van der Waals surface area contributed by atoms with Crippen LogP contribution in [-0.4, -0.2) is 10.7 Å². The lowest BCUT2D eigenvalue weighted by Gasteiger charge is -2.38. The molecule has 0 aromatic heterocycles. The first-order valence-electron chi connectivity index (χ1n) is 7.70. The zero-order chi connectivity index (χ0) is 14.6. The maximum absolute atomic E-state index is 10.4. The van der Waals surface area contributed by atoms with Crippen molar-refractivity contribution in [3.8, 4) is 5.75 Å². The van der Waals surface area contributed by atoms with Gasteiger partial charge in [0.25, 0.3) is 0 Å². The van der Waals surface area contributed by atoms with Gasteiger partial charge in [-0.2, -0.15) is 0 Å². The molecule has 1 aromatic rings. The average molecular weight is 341 g/mol. The van der Waals surface area contributed by atoms with Gasteiger partial charge < -0.3 is 9.84 Å². The molecule has 0 amide bonds. The van der Waals surface area contributed by atoms with Crippen LogP contribution in [0.1, 0.15) is 70.5 Å². The SMILES string of the molecule is CCCCCCCC1(C)C[C@H](O)c2cc(Br)ccc2O1. The van der Waals surface area contributed by atoms with Gasteiger partial charge in [-0.15, -0.1) is 0 Å². The van der Waals surface area contributed by atoms with Crippen molar-refractivity contribution in [2.24, 2.45) is 0 Å². The first-order valence-corrected chi connectivity index (χ1v) is 8.50. The maximum Gasteiger partial charge on any atom is 0.126 e. The molecule has 3 heteroatoms. The Bertz CT molecular complexity index is 447. The Kier molecular flexibility index (Phi) is 5.50. The van der Waals surface area contributed by atoms with Crippen molar-refractivity contribution in [2.75, 3.05) is 0 Å². The van der Waals surface area contributed by atoms with Crippen molar-refractivity contribution in [1.82, 2.24) is 0 Å². The second-order valence-corrected chi connectivity index (χ2v) is 7.03. The summed E-state index contributed by atoms with van der Waals surface area (Å²) in [5.41, 5.74) is 0.676. The van der Waals surface area contributed by atoms with Crippen LogP contribution in [0.3, 0.4) is 0 Å². The van der Waals surface area contributed by atoms with Crippen LogP contribution in [0.4, 0.5) is 0 Å². The summed E-state index contributed by atoms with van der Waals surface area (Å²) in [5.74, 6) is 0.836. The number of hydrogen-bond donors (Lipinski definition) is 1. The van der Waals surface area contributed by atoms with Crippen LogP contribution in [0.15, 0.2) is 22.7 Å². The van der Waals surface area contributed by atoms with E-state index >= 15 is 0 Å². The fourth-order valence-corrected chi connectivity index (χ4v) is 3.33. The van der Waals surface area contributed by atoms with Gasteiger partial charge in [0.1, 0.15) is 11.4 Å². The van der Waals surface area contributed by atoms with Gasteiger partial charge in [0, 0.05) is 16.5 Å². The van der Waals surface area contributed by atoms with E-state index in [1.54, 1.807) is 0 Å². The van der Waals surface area contributed by atoms with E-state index in [9.17, 15) is 5.11 Å². The zero-order valence-corrected chi connectivity index (χ0v) is 14.1. The summed E-state index contributed by atoms with van der Waals surface area (Å²) in [6.45, 7) is 4.36. The molecular formula is C17H25BrO2. The molecule has 1 aliphatic rings. The molecule has 112 valence electrons. The molecule has 2 nitrogen and oxygen atoms in total. The number of aliphatic hydroxyl groups is 1. The third-order valence-corrected chi connectivity index (χ3v) is 4.61. The first kappa shape index (κ1) is 15.8. The fraction of sp³-hybridized carbons (Fsp3) is 0.647. The smallest absolute Gasteiger partial charge is 0.126 e. The topological polar surface area (TPSA) is 29.5 Å². The summed E-state index contributed by atoms with van der Waals surface area (Å²) in [7, 11) is 0. The Hall–Kier alpha value is -0.540. The summed E-state index contributed by atoms with van der Waals surface area (Å²) >= 11 is 3.45. The molecule has 0 radical (unpaired) electrons. The highest BCUT2D eigenvalue weighted by molar-refractivity contribution is 9.10. The van der Waals surface area contributed by atoms with Crippen LogP contribution in [0.25, 0.3) is 0 Å². The molecule has 0 fully saturated rings. The van der Waals surface area contributed by atoms with Crippen LogP contribution in [0.2, 0.25) is 0 Å². The maximum atomic E-state index is 10.4. The molecule has 1 aromatic carbocycles. The fourth-order valence-electron chi connectivity index (χ4n) is 2.95. The van der Waals surface area contributed by atoms with Gasteiger partial charge >= 0.3 is 0 Å². The number of aliphatic hydroxyl groups excluding tert-OH is 1. The molecule has 0 saturated carbocycles. The number of rotatable bonds is 6. The lowest BCUT2D eigenvalue weighted by atomic mass is 9.86. The van der Waals surface area contributed by atoms with Crippen molar-refractivity contribution in [2.45, 2.75) is 70.5 Å². The lowest BCUT2D eigenvalue weighted by Crippen LogP contribution is -2.38. The summed E-state index contributed by atoms with van der Waals surface area (Å²) in [6, 6.07) is 5.89. The summed E-state index contributed by atoms with van der Waals surface area (Å²) in [6.07, 6.45) is 7.61. The molecule has 0 aliphatic carbocycles. The predicted molar refractivity (Wildman–Crippen MR) is 86.1 cm³/mol. The van der Waals surface area contributed by atoms with Crippen molar-refractivity contribution in [3.05, 3.63) is 28.2 Å². The Balaban J connectivity index is 1.96. The van der Waals surface area contributed by atoms with E-state index in [1.165, 1.54) is 32.1 Å². The number of hydrogen-bond acceptors (Lipinski definition) is 2. The van der Waals surface area contributed by atoms with Crippen LogP contribution >= 0.6 is 15.9 Å². The van der Waals surface area contributed by atoms with Crippen LogP contribution in [-0.2, 0) is 0 Å². The standard InChI is InChI=1S/C17H25BrO2/c1-3-4-5-6-7-10-17(2)12-15(19)14-11-13(18)8-9-16(14)20-17/h8-9,11,15,19H,3-7,10,12H2,1-2H3/t15-,17?/m0/s1. The van der Waals surface area contributed by atoms with E-state index in [1.807, 2.05) is 18.2 Å². The van der Waals surface area contributed by atoms with Crippen molar-refractivity contribution >= 4 is 15.9 Å². The van der Waals surface area contributed by atoms with Gasteiger partial charge in [-0.25, -0.2) is 0 Å². The van der Waals surface area contributed by atoms with E-state index in [4.69, 9.17) is 4.74 Å². The third-order valence-electron chi connectivity index (χ3n) is 4.12. The predicted octanol–water partition coefficient (Wildman–Crippen LogP) is 5.38. The van der Waals surface area contributed by atoms with E-state index in [-0.39, 0.29) is 5.60 Å². The van der Waals surface area contributed by atoms with Gasteiger partial charge in [-0.05, 0) is 38.0 Å². The van der Waals surface area contributed by atoms with Crippen LogP contribution < -0.4 is 4.74 Å². The summed E-state index contributed by atoms with van der Waals surface area (Å²) in [5, 5.41) is 10.4. The van der Waals surface area contributed by atoms with Crippen molar-refractivity contribution in [3.63, 3.8) is 0 Å². The first-order chi connectivity index (χ1) is 9.54. The molecule has 1 N–H and O–H groups in total. The minimum atomic E-state index is -0.420. The normalized spacial score (nSPS) is 25.1. The molecule has 2 rings (SSSR count). The average Bonchev–Trinajstić information content (AvgIpc) is 2.39. The molecule has 0 bridgehead atoms. The van der Waals surface area contributed by atoms with E-state index < -0.39 is 6.10 Å². The number of benzene rings is 1. The molecular weight excluding hydrogens is 316 g/mol. The Morgan fingerprint density at radius 3 is 2.80 bits per heavy atom. The van der Waals surface area contributed by atoms with Gasteiger partial charge in [-0.3, -0.25) is 0 Å². The molecule has 0 spiro atoms. The molecule has 2 atom stereocenters. The number of ether oxygens (including phenoxy) is 1. The number of fused-ring (bicyclic) bond motifs is 1. The highest BCUT2D eigenvalue weighted by Gasteiger charge is 2.36. The van der Waals surface area contributed by atoms with Crippen LogP contribution in [0, 0.1) is 0 Å². The zero-order valence-electron chi connectivity index (χ0n) is 12.5.